The Morgan fingerprint density at radius 1 is 1.21 bits per heavy atom. The Balaban J connectivity index is 2.34. The lowest BCUT2D eigenvalue weighted by Crippen LogP contribution is -2.29. The van der Waals surface area contributed by atoms with Crippen LogP contribution in [0.1, 0.15) is 40.0 Å². The summed E-state index contributed by atoms with van der Waals surface area (Å²) in [5.74, 6) is 0.809. The first-order chi connectivity index (χ1) is 9.11. The van der Waals surface area contributed by atoms with Gasteiger partial charge in [-0.2, -0.15) is 0 Å². The maximum atomic E-state index is 11.6. The van der Waals surface area contributed by atoms with Gasteiger partial charge in [0.15, 0.2) is 0 Å². The zero-order valence-electron chi connectivity index (χ0n) is 12.0. The Hall–Kier alpha value is -1.71. The van der Waals surface area contributed by atoms with Crippen LogP contribution >= 0.6 is 0 Å². The fourth-order valence-electron chi connectivity index (χ4n) is 1.64. The lowest BCUT2D eigenvalue weighted by molar-refractivity contribution is 0.242. The number of amides is 2. The fraction of sp³-hybridized carbons (Fsp3) is 0.533. The third-order valence-corrected chi connectivity index (χ3v) is 2.55. The minimum absolute atomic E-state index is 0.153. The van der Waals surface area contributed by atoms with E-state index in [9.17, 15) is 4.79 Å². The third-order valence-electron chi connectivity index (χ3n) is 2.55. The molecule has 1 rings (SSSR count). The molecule has 0 aliphatic heterocycles. The van der Waals surface area contributed by atoms with E-state index in [1.54, 1.807) is 0 Å². The number of rotatable bonds is 7. The van der Waals surface area contributed by atoms with Crippen molar-refractivity contribution < 1.29 is 9.53 Å². The Kier molecular flexibility index (Phi) is 6.79. The summed E-state index contributed by atoms with van der Waals surface area (Å²) in [6.45, 7) is 6.82. The number of hydrogen-bond donors (Lipinski definition) is 2. The molecule has 0 atom stereocenters. The normalized spacial score (nSPS) is 10.3. The van der Waals surface area contributed by atoms with Crippen LogP contribution in [0.3, 0.4) is 0 Å². The van der Waals surface area contributed by atoms with Crippen LogP contribution in [-0.2, 0) is 0 Å². The van der Waals surface area contributed by atoms with Crippen molar-refractivity contribution >= 4 is 11.7 Å². The monoisotopic (exact) mass is 264 g/mol. The Morgan fingerprint density at radius 3 is 2.47 bits per heavy atom. The summed E-state index contributed by atoms with van der Waals surface area (Å²) in [7, 11) is 0. The SMILES string of the molecule is CCCCCNC(=O)Nc1ccc(OC(C)C)cc1. The second-order valence-corrected chi connectivity index (χ2v) is 4.78. The summed E-state index contributed by atoms with van der Waals surface area (Å²) in [5, 5.41) is 5.63. The molecule has 0 saturated carbocycles. The van der Waals surface area contributed by atoms with Crippen LogP contribution in [0.15, 0.2) is 24.3 Å². The molecule has 0 bridgehead atoms. The number of urea groups is 1. The summed E-state index contributed by atoms with van der Waals surface area (Å²) >= 11 is 0. The number of ether oxygens (including phenoxy) is 1. The topological polar surface area (TPSA) is 50.4 Å². The lowest BCUT2D eigenvalue weighted by Gasteiger charge is -2.11. The van der Waals surface area contributed by atoms with E-state index in [4.69, 9.17) is 4.74 Å². The summed E-state index contributed by atoms with van der Waals surface area (Å²) in [6.07, 6.45) is 3.47. The first-order valence-corrected chi connectivity index (χ1v) is 6.93. The summed E-state index contributed by atoms with van der Waals surface area (Å²) in [4.78, 5) is 11.6. The molecule has 0 unspecified atom stereocenters. The van der Waals surface area contributed by atoms with Gasteiger partial charge < -0.3 is 15.4 Å². The second-order valence-electron chi connectivity index (χ2n) is 4.78. The van der Waals surface area contributed by atoms with Crippen molar-refractivity contribution in [3.05, 3.63) is 24.3 Å². The Labute approximate surface area is 115 Å². The van der Waals surface area contributed by atoms with Crippen molar-refractivity contribution in [3.63, 3.8) is 0 Å². The van der Waals surface area contributed by atoms with Crippen LogP contribution in [0.2, 0.25) is 0 Å². The van der Waals surface area contributed by atoms with E-state index in [0.717, 1.165) is 30.7 Å². The number of anilines is 1. The lowest BCUT2D eigenvalue weighted by atomic mass is 10.2. The van der Waals surface area contributed by atoms with Crippen LogP contribution in [0.5, 0.6) is 5.75 Å². The van der Waals surface area contributed by atoms with E-state index in [1.165, 1.54) is 0 Å². The predicted octanol–water partition coefficient (Wildman–Crippen LogP) is 3.79. The van der Waals surface area contributed by atoms with E-state index >= 15 is 0 Å². The van der Waals surface area contributed by atoms with Gasteiger partial charge in [0.1, 0.15) is 5.75 Å². The maximum absolute atomic E-state index is 11.6. The molecule has 0 aliphatic rings. The minimum Gasteiger partial charge on any atom is -0.491 e. The van der Waals surface area contributed by atoms with Crippen molar-refractivity contribution in [1.82, 2.24) is 5.32 Å². The number of carbonyl (C=O) groups is 1. The van der Waals surface area contributed by atoms with Gasteiger partial charge in [0, 0.05) is 12.2 Å². The molecule has 0 saturated heterocycles. The standard InChI is InChI=1S/C15H24N2O2/c1-4-5-6-11-16-15(18)17-13-7-9-14(10-8-13)19-12(2)3/h7-10,12H,4-6,11H2,1-3H3,(H2,16,17,18). The molecule has 2 amide bonds. The molecule has 106 valence electrons. The number of nitrogens with one attached hydrogen (secondary N) is 2. The molecule has 0 spiro atoms. The molecule has 1 aromatic rings. The highest BCUT2D eigenvalue weighted by Crippen LogP contribution is 2.16. The molecule has 2 N–H and O–H groups in total. The van der Waals surface area contributed by atoms with Crippen LogP contribution < -0.4 is 15.4 Å². The zero-order valence-corrected chi connectivity index (χ0v) is 12.0. The zero-order chi connectivity index (χ0) is 14.1. The molecule has 0 aromatic heterocycles. The van der Waals surface area contributed by atoms with Crippen molar-refractivity contribution in [2.24, 2.45) is 0 Å². The van der Waals surface area contributed by atoms with Gasteiger partial charge in [-0.05, 0) is 44.5 Å². The summed E-state index contributed by atoms with van der Waals surface area (Å²) in [6, 6.07) is 7.22. The number of benzene rings is 1. The number of carbonyl (C=O) groups excluding carboxylic acids is 1. The average molecular weight is 264 g/mol. The molecule has 4 heteroatoms. The molecular weight excluding hydrogens is 240 g/mol. The van der Waals surface area contributed by atoms with E-state index in [2.05, 4.69) is 17.6 Å². The largest absolute Gasteiger partial charge is 0.491 e. The van der Waals surface area contributed by atoms with E-state index in [-0.39, 0.29) is 12.1 Å². The number of hydrogen-bond acceptors (Lipinski definition) is 2. The molecular formula is C15H24N2O2. The van der Waals surface area contributed by atoms with Crippen molar-refractivity contribution in [3.8, 4) is 5.75 Å². The molecule has 0 fully saturated rings. The molecule has 19 heavy (non-hydrogen) atoms. The van der Waals surface area contributed by atoms with Gasteiger partial charge in [0.25, 0.3) is 0 Å². The number of unbranched alkanes of at least 4 members (excludes halogenated alkanes) is 2. The second kappa shape index (κ2) is 8.40. The van der Waals surface area contributed by atoms with Crippen molar-refractivity contribution in [1.29, 1.82) is 0 Å². The maximum Gasteiger partial charge on any atom is 0.319 e. The average Bonchev–Trinajstić information content (AvgIpc) is 2.36. The Bertz CT molecular complexity index is 374. The first-order valence-electron chi connectivity index (χ1n) is 6.93. The van der Waals surface area contributed by atoms with Gasteiger partial charge in [0.2, 0.25) is 0 Å². The van der Waals surface area contributed by atoms with Crippen LogP contribution in [0.25, 0.3) is 0 Å². The Morgan fingerprint density at radius 2 is 1.89 bits per heavy atom. The molecule has 0 aliphatic carbocycles. The van der Waals surface area contributed by atoms with E-state index in [0.29, 0.717) is 6.54 Å². The quantitative estimate of drug-likeness (QED) is 0.736. The molecule has 1 aromatic carbocycles. The van der Waals surface area contributed by atoms with E-state index < -0.39 is 0 Å². The van der Waals surface area contributed by atoms with Gasteiger partial charge in [-0.1, -0.05) is 19.8 Å². The minimum atomic E-state index is -0.159. The summed E-state index contributed by atoms with van der Waals surface area (Å²) < 4.78 is 5.54. The van der Waals surface area contributed by atoms with Gasteiger partial charge in [0.05, 0.1) is 6.10 Å². The van der Waals surface area contributed by atoms with E-state index in [1.807, 2.05) is 38.1 Å². The smallest absolute Gasteiger partial charge is 0.319 e. The molecule has 4 nitrogen and oxygen atoms in total. The first kappa shape index (κ1) is 15.3. The van der Waals surface area contributed by atoms with Gasteiger partial charge >= 0.3 is 6.03 Å². The van der Waals surface area contributed by atoms with Crippen LogP contribution in [0, 0.1) is 0 Å². The molecule has 0 radical (unpaired) electrons. The fourth-order valence-corrected chi connectivity index (χ4v) is 1.64. The summed E-state index contributed by atoms with van der Waals surface area (Å²) in [5.41, 5.74) is 0.768. The highest BCUT2D eigenvalue weighted by Gasteiger charge is 2.02. The van der Waals surface area contributed by atoms with Crippen molar-refractivity contribution in [2.75, 3.05) is 11.9 Å². The van der Waals surface area contributed by atoms with Crippen LogP contribution in [-0.4, -0.2) is 18.7 Å². The highest BCUT2D eigenvalue weighted by molar-refractivity contribution is 5.89. The third kappa shape index (κ3) is 6.70. The van der Waals surface area contributed by atoms with Gasteiger partial charge in [-0.15, -0.1) is 0 Å². The van der Waals surface area contributed by atoms with Crippen molar-refractivity contribution in [2.45, 2.75) is 46.1 Å². The van der Waals surface area contributed by atoms with Gasteiger partial charge in [-0.25, -0.2) is 4.79 Å². The highest BCUT2D eigenvalue weighted by atomic mass is 16.5. The predicted molar refractivity (Wildman–Crippen MR) is 78.8 cm³/mol. The van der Waals surface area contributed by atoms with Crippen LogP contribution in [0.4, 0.5) is 10.5 Å². The van der Waals surface area contributed by atoms with Gasteiger partial charge in [-0.3, -0.25) is 0 Å². The molecule has 0 heterocycles.